The van der Waals surface area contributed by atoms with E-state index in [1.807, 2.05) is 0 Å². The molecular formula is C13H15N3O4. The Morgan fingerprint density at radius 3 is 2.50 bits per heavy atom. The average molecular weight is 277 g/mol. The smallest absolute Gasteiger partial charge is 0.415 e. The van der Waals surface area contributed by atoms with Crippen LogP contribution in [0.3, 0.4) is 0 Å². The van der Waals surface area contributed by atoms with Crippen molar-refractivity contribution < 1.29 is 19.1 Å². The van der Waals surface area contributed by atoms with E-state index in [0.717, 1.165) is 0 Å². The fourth-order valence-electron chi connectivity index (χ4n) is 1.39. The van der Waals surface area contributed by atoms with Crippen LogP contribution in [0.5, 0.6) is 5.75 Å². The van der Waals surface area contributed by atoms with Gasteiger partial charge in [-0.1, -0.05) is 5.10 Å². The molecule has 1 aromatic heterocycles. The minimum atomic E-state index is -0.668. The highest BCUT2D eigenvalue weighted by Gasteiger charge is 2.18. The lowest BCUT2D eigenvalue weighted by molar-refractivity contribution is 0.0632. The molecule has 7 heteroatoms. The first-order valence-corrected chi connectivity index (χ1v) is 5.96. The van der Waals surface area contributed by atoms with Gasteiger partial charge in [0.05, 0.1) is 0 Å². The molecule has 0 atom stereocenters. The zero-order chi connectivity index (χ0) is 14.8. The molecule has 0 bridgehead atoms. The molecule has 0 radical (unpaired) electrons. The number of nitrogens with zero attached hydrogens (tertiary/aromatic N) is 2. The summed E-state index contributed by atoms with van der Waals surface area (Å²) in [5.74, 6) is 0.372. The number of carbonyl (C=O) groups excluding carboxylic acids is 1. The van der Waals surface area contributed by atoms with Gasteiger partial charge in [0.25, 0.3) is 0 Å². The molecule has 1 heterocycles. The number of nitrogens with one attached hydrogen (secondary N) is 1. The van der Waals surface area contributed by atoms with E-state index in [4.69, 9.17) is 9.15 Å². The van der Waals surface area contributed by atoms with Crippen LogP contribution in [0.25, 0.3) is 11.5 Å². The first kappa shape index (κ1) is 13.9. The largest absolute Gasteiger partial charge is 0.508 e. The van der Waals surface area contributed by atoms with Crippen LogP contribution >= 0.6 is 0 Å². The van der Waals surface area contributed by atoms with E-state index in [9.17, 15) is 9.90 Å². The third kappa shape index (κ3) is 3.71. The molecule has 2 N–H and O–H groups in total. The van der Waals surface area contributed by atoms with E-state index in [-0.39, 0.29) is 17.7 Å². The van der Waals surface area contributed by atoms with Gasteiger partial charge in [-0.3, -0.25) is 0 Å². The fourth-order valence-corrected chi connectivity index (χ4v) is 1.39. The Labute approximate surface area is 115 Å². The van der Waals surface area contributed by atoms with Crippen LogP contribution < -0.4 is 5.32 Å². The Morgan fingerprint density at radius 2 is 1.90 bits per heavy atom. The van der Waals surface area contributed by atoms with Crippen LogP contribution in [0.2, 0.25) is 0 Å². The van der Waals surface area contributed by atoms with Gasteiger partial charge in [0, 0.05) is 5.56 Å². The summed E-state index contributed by atoms with van der Waals surface area (Å²) in [5, 5.41) is 19.0. The Morgan fingerprint density at radius 1 is 1.25 bits per heavy atom. The molecule has 1 amide bonds. The van der Waals surface area contributed by atoms with Gasteiger partial charge in [0.15, 0.2) is 0 Å². The van der Waals surface area contributed by atoms with E-state index >= 15 is 0 Å². The lowest BCUT2D eigenvalue weighted by atomic mass is 10.2. The molecule has 2 rings (SSSR count). The van der Waals surface area contributed by atoms with Crippen molar-refractivity contribution in [3.63, 3.8) is 0 Å². The van der Waals surface area contributed by atoms with E-state index in [1.165, 1.54) is 12.1 Å². The van der Waals surface area contributed by atoms with Crippen molar-refractivity contribution in [3.8, 4) is 17.2 Å². The quantitative estimate of drug-likeness (QED) is 0.875. The number of hydrogen-bond acceptors (Lipinski definition) is 6. The number of benzene rings is 1. The molecule has 0 aliphatic heterocycles. The molecule has 0 aliphatic rings. The maximum absolute atomic E-state index is 11.5. The Kier molecular flexibility index (Phi) is 3.60. The number of carbonyl (C=O) groups is 1. The molecule has 2 aromatic rings. The monoisotopic (exact) mass is 277 g/mol. The molecule has 106 valence electrons. The summed E-state index contributed by atoms with van der Waals surface area (Å²) in [6.45, 7) is 5.26. The summed E-state index contributed by atoms with van der Waals surface area (Å²) in [6, 6.07) is 6.20. The molecule has 0 spiro atoms. The Bertz CT molecular complexity index is 599. The molecule has 1 aromatic carbocycles. The lowest BCUT2D eigenvalue weighted by Gasteiger charge is -2.18. The second-order valence-electron chi connectivity index (χ2n) is 5.09. The summed E-state index contributed by atoms with van der Waals surface area (Å²) in [5.41, 5.74) is 0.0247. The van der Waals surface area contributed by atoms with Crippen molar-refractivity contribution >= 4 is 12.1 Å². The summed E-state index contributed by atoms with van der Waals surface area (Å²) in [7, 11) is 0. The number of phenolic OH excluding ortho intramolecular Hbond substituents is 1. The van der Waals surface area contributed by atoms with Gasteiger partial charge in [-0.05, 0) is 45.0 Å². The number of aromatic hydroxyl groups is 1. The molecular weight excluding hydrogens is 262 g/mol. The summed E-state index contributed by atoms with van der Waals surface area (Å²) in [4.78, 5) is 11.5. The highest BCUT2D eigenvalue weighted by atomic mass is 16.6. The van der Waals surface area contributed by atoms with E-state index < -0.39 is 11.7 Å². The van der Waals surface area contributed by atoms with Gasteiger partial charge in [0.1, 0.15) is 11.4 Å². The number of amides is 1. The maximum atomic E-state index is 11.5. The predicted molar refractivity (Wildman–Crippen MR) is 71.3 cm³/mol. The minimum absolute atomic E-state index is 0.0534. The van der Waals surface area contributed by atoms with Gasteiger partial charge in [-0.2, -0.15) is 0 Å². The Balaban J connectivity index is 2.06. The minimum Gasteiger partial charge on any atom is -0.508 e. The number of phenols is 1. The van der Waals surface area contributed by atoms with E-state index in [2.05, 4.69) is 15.5 Å². The first-order chi connectivity index (χ1) is 9.33. The molecule has 0 saturated heterocycles. The predicted octanol–water partition coefficient (Wildman–Crippen LogP) is 2.79. The molecule has 0 unspecified atom stereocenters. The standard InChI is InChI=1S/C13H15N3O4/c1-13(2,3)20-12(18)14-11-16-15-10(19-11)8-4-6-9(17)7-5-8/h4-7,17H,1-3H3,(H,14,16,18). The van der Waals surface area contributed by atoms with Crippen LogP contribution in [0.15, 0.2) is 28.7 Å². The first-order valence-electron chi connectivity index (χ1n) is 5.96. The lowest BCUT2D eigenvalue weighted by Crippen LogP contribution is -2.27. The van der Waals surface area contributed by atoms with Gasteiger partial charge in [0.2, 0.25) is 5.89 Å². The van der Waals surface area contributed by atoms with Gasteiger partial charge >= 0.3 is 12.1 Å². The molecule has 0 saturated carbocycles. The van der Waals surface area contributed by atoms with Gasteiger partial charge in [-0.25, -0.2) is 10.1 Å². The second kappa shape index (κ2) is 5.20. The summed E-state index contributed by atoms with van der Waals surface area (Å²) in [6.07, 6.45) is -0.668. The molecule has 20 heavy (non-hydrogen) atoms. The van der Waals surface area contributed by atoms with Crippen LogP contribution in [0.1, 0.15) is 20.8 Å². The zero-order valence-corrected chi connectivity index (χ0v) is 11.4. The fraction of sp³-hybridized carbons (Fsp3) is 0.308. The summed E-state index contributed by atoms with van der Waals surface area (Å²) >= 11 is 0. The molecule has 0 fully saturated rings. The number of aromatic nitrogens is 2. The zero-order valence-electron chi connectivity index (χ0n) is 11.4. The average Bonchev–Trinajstić information content (AvgIpc) is 2.75. The molecule has 0 aliphatic carbocycles. The summed E-state index contributed by atoms with van der Waals surface area (Å²) < 4.78 is 10.3. The van der Waals surface area contributed by atoms with Crippen molar-refractivity contribution in [2.75, 3.05) is 5.32 Å². The van der Waals surface area contributed by atoms with Gasteiger partial charge < -0.3 is 14.3 Å². The second-order valence-corrected chi connectivity index (χ2v) is 5.09. The van der Waals surface area contributed by atoms with Gasteiger partial charge in [-0.15, -0.1) is 5.10 Å². The van der Waals surface area contributed by atoms with Crippen LogP contribution in [-0.2, 0) is 4.74 Å². The van der Waals surface area contributed by atoms with Crippen molar-refractivity contribution in [3.05, 3.63) is 24.3 Å². The normalized spacial score (nSPS) is 11.2. The number of hydrogen-bond donors (Lipinski definition) is 2. The highest BCUT2D eigenvalue weighted by molar-refractivity contribution is 5.82. The number of rotatable bonds is 2. The third-order valence-corrected chi connectivity index (χ3v) is 2.15. The topological polar surface area (TPSA) is 97.5 Å². The SMILES string of the molecule is CC(C)(C)OC(=O)Nc1nnc(-c2ccc(O)cc2)o1. The number of anilines is 1. The van der Waals surface area contributed by atoms with Crippen LogP contribution in [-0.4, -0.2) is 27.0 Å². The van der Waals surface area contributed by atoms with E-state index in [0.29, 0.717) is 5.56 Å². The van der Waals surface area contributed by atoms with Crippen LogP contribution in [0.4, 0.5) is 10.8 Å². The van der Waals surface area contributed by atoms with Crippen molar-refractivity contribution in [1.29, 1.82) is 0 Å². The highest BCUT2D eigenvalue weighted by Crippen LogP contribution is 2.22. The van der Waals surface area contributed by atoms with Crippen molar-refractivity contribution in [2.24, 2.45) is 0 Å². The molecule has 7 nitrogen and oxygen atoms in total. The van der Waals surface area contributed by atoms with Crippen molar-refractivity contribution in [1.82, 2.24) is 10.2 Å². The van der Waals surface area contributed by atoms with E-state index in [1.54, 1.807) is 32.9 Å². The number of ether oxygens (including phenoxy) is 1. The van der Waals surface area contributed by atoms with Crippen molar-refractivity contribution in [2.45, 2.75) is 26.4 Å². The maximum Gasteiger partial charge on any atom is 0.415 e. The Hall–Kier alpha value is -2.57. The third-order valence-electron chi connectivity index (χ3n) is 2.15. The van der Waals surface area contributed by atoms with Crippen LogP contribution in [0, 0.1) is 0 Å².